The van der Waals surface area contributed by atoms with E-state index in [0.717, 1.165) is 32.0 Å². The number of Topliss-reactive ketones (excluding diaryl/α,β-unsaturated/α-hetero) is 1. The van der Waals surface area contributed by atoms with Crippen LogP contribution in [0.4, 0.5) is 0 Å². The lowest BCUT2D eigenvalue weighted by atomic mass is 9.84. The van der Waals surface area contributed by atoms with Crippen LogP contribution in [0.3, 0.4) is 0 Å². The van der Waals surface area contributed by atoms with E-state index in [4.69, 9.17) is 19.7 Å². The number of allylic oxidation sites excluding steroid dienone is 1. The van der Waals surface area contributed by atoms with Crippen LogP contribution in [-0.2, 0) is 4.79 Å². The Labute approximate surface area is 184 Å². The maximum absolute atomic E-state index is 12.2. The molecule has 0 aliphatic carbocycles. The number of aromatic hydroxyl groups is 4. The third-order valence-corrected chi connectivity index (χ3v) is 5.53. The summed E-state index contributed by atoms with van der Waals surface area (Å²) in [5.41, 5.74) is 1.10. The van der Waals surface area contributed by atoms with Gasteiger partial charge in [0.1, 0.15) is 11.5 Å². The summed E-state index contributed by atoms with van der Waals surface area (Å²) in [6.07, 6.45) is 3.93. The van der Waals surface area contributed by atoms with Gasteiger partial charge in [-0.25, -0.2) is 0 Å². The maximum atomic E-state index is 12.2. The zero-order chi connectivity index (χ0) is 23.4. The molecule has 0 spiro atoms. The molecule has 3 saturated heterocycles. The molecule has 9 heteroatoms. The Bertz CT molecular complexity index is 1050. The first-order chi connectivity index (χ1) is 15.3. The summed E-state index contributed by atoms with van der Waals surface area (Å²) in [5.74, 6) is 0.150. The molecule has 0 saturated carbocycles. The topological polar surface area (TPSA) is 137 Å². The Kier molecular flexibility index (Phi) is 6.77. The first kappa shape index (κ1) is 22.8. The molecular formula is C23H25NO8. The molecule has 0 radical (unpaired) electrons. The number of phenolic OH excluding ortho intramolecular Hbond substituents is 4. The highest BCUT2D eigenvalue weighted by Crippen LogP contribution is 2.37. The Balaban J connectivity index is 0.000000207. The number of phenols is 4. The summed E-state index contributed by atoms with van der Waals surface area (Å²) in [6, 6.07) is 5.08. The number of aldehydes is 1. The minimum atomic E-state index is -0.209. The van der Waals surface area contributed by atoms with Crippen LogP contribution in [0.2, 0.25) is 0 Å². The highest BCUT2D eigenvalue weighted by molar-refractivity contribution is 6.02. The fraction of sp³-hybridized carbons (Fsp3) is 0.304. The fourth-order valence-electron chi connectivity index (χ4n) is 3.74. The van der Waals surface area contributed by atoms with Gasteiger partial charge in [-0.05, 0) is 31.1 Å². The number of ketones is 1. The average molecular weight is 443 g/mol. The lowest BCUT2D eigenvalue weighted by Gasteiger charge is -2.41. The summed E-state index contributed by atoms with van der Waals surface area (Å²) >= 11 is 0. The van der Waals surface area contributed by atoms with Crippen LogP contribution in [0.5, 0.6) is 34.5 Å². The summed E-state index contributed by atoms with van der Waals surface area (Å²) < 4.78 is 9.63. The van der Waals surface area contributed by atoms with Crippen molar-refractivity contribution in [1.29, 1.82) is 0 Å². The Hall–Kier alpha value is -3.88. The summed E-state index contributed by atoms with van der Waals surface area (Å²) in [6.45, 7) is 1.76. The van der Waals surface area contributed by atoms with Crippen molar-refractivity contribution in [2.75, 3.05) is 27.3 Å². The Morgan fingerprint density at radius 3 is 1.81 bits per heavy atom. The Morgan fingerprint density at radius 1 is 0.844 bits per heavy atom. The Morgan fingerprint density at radius 2 is 1.34 bits per heavy atom. The molecule has 5 rings (SSSR count). The molecule has 32 heavy (non-hydrogen) atoms. The van der Waals surface area contributed by atoms with Gasteiger partial charge in [-0.2, -0.15) is 0 Å². The van der Waals surface area contributed by atoms with Crippen molar-refractivity contribution in [3.8, 4) is 34.5 Å². The number of ether oxygens (including phenoxy) is 2. The van der Waals surface area contributed by atoms with Crippen LogP contribution in [0.25, 0.3) is 6.08 Å². The van der Waals surface area contributed by atoms with E-state index in [1.54, 1.807) is 6.08 Å². The minimum Gasteiger partial charge on any atom is -0.507 e. The van der Waals surface area contributed by atoms with E-state index in [0.29, 0.717) is 17.5 Å². The number of fused-ring (bicyclic) bond motifs is 3. The molecule has 4 N–H and O–H groups in total. The second-order valence-corrected chi connectivity index (χ2v) is 7.44. The van der Waals surface area contributed by atoms with Crippen molar-refractivity contribution in [2.24, 2.45) is 5.92 Å². The van der Waals surface area contributed by atoms with E-state index in [9.17, 15) is 19.8 Å². The lowest BCUT2D eigenvalue weighted by Crippen LogP contribution is -2.45. The van der Waals surface area contributed by atoms with Crippen molar-refractivity contribution in [3.05, 3.63) is 41.1 Å². The van der Waals surface area contributed by atoms with Crippen LogP contribution in [0.15, 0.2) is 30.0 Å². The van der Waals surface area contributed by atoms with Gasteiger partial charge in [0.15, 0.2) is 35.1 Å². The number of hydrogen-bond acceptors (Lipinski definition) is 9. The van der Waals surface area contributed by atoms with Gasteiger partial charge in [-0.15, -0.1) is 0 Å². The molecule has 0 unspecified atom stereocenters. The summed E-state index contributed by atoms with van der Waals surface area (Å²) in [4.78, 5) is 24.5. The van der Waals surface area contributed by atoms with Gasteiger partial charge in [-0.1, -0.05) is 0 Å². The number of benzene rings is 2. The molecule has 0 atom stereocenters. The minimum absolute atomic E-state index is 0.0115. The zero-order valence-corrected chi connectivity index (χ0v) is 17.7. The number of piperidine rings is 3. The van der Waals surface area contributed by atoms with Gasteiger partial charge in [0.25, 0.3) is 0 Å². The zero-order valence-electron chi connectivity index (χ0n) is 17.7. The second-order valence-electron chi connectivity index (χ2n) is 7.44. The van der Waals surface area contributed by atoms with E-state index in [1.165, 1.54) is 32.4 Å². The van der Waals surface area contributed by atoms with E-state index in [2.05, 4.69) is 0 Å². The fourth-order valence-corrected chi connectivity index (χ4v) is 3.74. The van der Waals surface area contributed by atoms with Crippen LogP contribution in [-0.4, -0.2) is 64.7 Å². The van der Waals surface area contributed by atoms with Gasteiger partial charge >= 0.3 is 0 Å². The van der Waals surface area contributed by atoms with Crippen molar-refractivity contribution in [1.82, 2.24) is 4.90 Å². The quantitative estimate of drug-likeness (QED) is 0.319. The third-order valence-electron chi connectivity index (χ3n) is 5.53. The highest BCUT2D eigenvalue weighted by Gasteiger charge is 2.36. The van der Waals surface area contributed by atoms with E-state index in [-0.39, 0.29) is 51.8 Å². The SMILES string of the molecule is COc1cc(O)c(/C=C2\C(=O)C3CCN2CC3)cc1O.COc1cc(O)c(C=O)cc1O. The molecule has 2 bridgehead atoms. The van der Waals surface area contributed by atoms with Crippen molar-refractivity contribution < 1.29 is 39.5 Å². The van der Waals surface area contributed by atoms with Crippen molar-refractivity contribution in [2.45, 2.75) is 12.8 Å². The van der Waals surface area contributed by atoms with E-state index in [1.807, 2.05) is 4.90 Å². The number of nitrogens with zero attached hydrogens (tertiary/aromatic N) is 1. The third kappa shape index (κ3) is 4.56. The molecule has 3 aliphatic heterocycles. The molecule has 9 nitrogen and oxygen atoms in total. The van der Waals surface area contributed by atoms with Crippen LogP contribution in [0.1, 0.15) is 28.8 Å². The second kappa shape index (κ2) is 9.51. The van der Waals surface area contributed by atoms with Crippen LogP contribution < -0.4 is 9.47 Å². The number of rotatable bonds is 4. The standard InChI is InChI=1S/C15H17NO4.C8H8O4/c1-20-14-8-12(17)10(7-13(14)18)6-11-15(19)9-2-4-16(11)5-3-9;1-12-8-3-6(10)5(4-9)2-7(8)11/h6-9,17-18H,2-5H2,1H3;2-4,10-11H,1H3/b11-6+;. The predicted octanol–water partition coefficient (Wildman–Crippen LogP) is 2.66. The number of methoxy groups -OCH3 is 2. The van der Waals surface area contributed by atoms with Gasteiger partial charge in [0, 0.05) is 36.7 Å². The lowest BCUT2D eigenvalue weighted by molar-refractivity contribution is -0.125. The molecule has 3 heterocycles. The largest absolute Gasteiger partial charge is 0.507 e. The molecule has 2 aromatic carbocycles. The molecule has 3 fully saturated rings. The molecule has 3 aliphatic rings. The summed E-state index contributed by atoms with van der Waals surface area (Å²) in [7, 11) is 2.77. The molecule has 0 aromatic heterocycles. The van der Waals surface area contributed by atoms with Crippen molar-refractivity contribution in [3.63, 3.8) is 0 Å². The smallest absolute Gasteiger partial charge is 0.182 e. The van der Waals surface area contributed by atoms with E-state index < -0.39 is 0 Å². The maximum Gasteiger partial charge on any atom is 0.182 e. The first-order valence-electron chi connectivity index (χ1n) is 9.95. The number of carbonyl (C=O) groups is 2. The van der Waals surface area contributed by atoms with Crippen LogP contribution in [0, 0.1) is 5.92 Å². The van der Waals surface area contributed by atoms with Crippen molar-refractivity contribution >= 4 is 18.1 Å². The first-order valence-corrected chi connectivity index (χ1v) is 9.95. The predicted molar refractivity (Wildman–Crippen MR) is 115 cm³/mol. The van der Waals surface area contributed by atoms with Gasteiger partial charge in [0.2, 0.25) is 0 Å². The normalized spacial score (nSPS) is 16.5. The number of hydrogen-bond donors (Lipinski definition) is 4. The highest BCUT2D eigenvalue weighted by atomic mass is 16.5. The van der Waals surface area contributed by atoms with Gasteiger partial charge in [-0.3, -0.25) is 9.59 Å². The molecular weight excluding hydrogens is 418 g/mol. The van der Waals surface area contributed by atoms with Gasteiger partial charge < -0.3 is 34.8 Å². The molecule has 0 amide bonds. The number of carbonyl (C=O) groups excluding carboxylic acids is 2. The summed E-state index contributed by atoms with van der Waals surface area (Å²) in [5, 5.41) is 38.0. The van der Waals surface area contributed by atoms with E-state index >= 15 is 0 Å². The molecule has 2 aromatic rings. The van der Waals surface area contributed by atoms with Gasteiger partial charge in [0.05, 0.1) is 25.5 Å². The van der Waals surface area contributed by atoms with Crippen LogP contribution >= 0.6 is 0 Å². The average Bonchev–Trinajstić information content (AvgIpc) is 2.80. The monoisotopic (exact) mass is 443 g/mol. The molecule has 170 valence electrons.